The van der Waals surface area contributed by atoms with E-state index in [1.807, 2.05) is 32.0 Å². The van der Waals surface area contributed by atoms with Gasteiger partial charge in [-0.25, -0.2) is 0 Å². The van der Waals surface area contributed by atoms with Gasteiger partial charge in [0, 0.05) is 18.8 Å². The molecular weight excluding hydrogens is 252 g/mol. The van der Waals surface area contributed by atoms with Gasteiger partial charge in [0.05, 0.1) is 6.54 Å². The highest BCUT2D eigenvalue weighted by atomic mass is 16.3. The molecule has 2 rings (SSSR count). The zero-order valence-corrected chi connectivity index (χ0v) is 12.4. The number of carbonyl (C=O) groups is 1. The number of hydrogen-bond donors (Lipinski definition) is 2. The van der Waals surface area contributed by atoms with Gasteiger partial charge in [0.15, 0.2) is 0 Å². The van der Waals surface area contributed by atoms with E-state index in [2.05, 4.69) is 10.2 Å². The molecule has 0 bridgehead atoms. The summed E-state index contributed by atoms with van der Waals surface area (Å²) in [7, 11) is 0. The third kappa shape index (κ3) is 3.81. The Bertz CT molecular complexity index is 474. The van der Waals surface area contributed by atoms with Gasteiger partial charge in [-0.2, -0.15) is 0 Å². The summed E-state index contributed by atoms with van der Waals surface area (Å²) in [5, 5.41) is 11.9. The van der Waals surface area contributed by atoms with E-state index in [4.69, 9.17) is 5.11 Å². The molecule has 110 valence electrons. The van der Waals surface area contributed by atoms with Crippen molar-refractivity contribution < 1.29 is 9.90 Å². The maximum Gasteiger partial charge on any atom is 0.238 e. The highest BCUT2D eigenvalue weighted by Gasteiger charge is 2.23. The summed E-state index contributed by atoms with van der Waals surface area (Å²) in [6, 6.07) is 5.95. The average Bonchev–Trinajstić information content (AvgIpc) is 2.83. The first kappa shape index (κ1) is 15.0. The minimum atomic E-state index is 0.0448. The molecule has 1 aliphatic heterocycles. The van der Waals surface area contributed by atoms with Crippen LogP contribution in [0.4, 0.5) is 5.69 Å². The molecule has 1 unspecified atom stereocenters. The number of anilines is 1. The molecule has 1 heterocycles. The largest absolute Gasteiger partial charge is 0.396 e. The number of aryl methyl sites for hydroxylation is 1. The van der Waals surface area contributed by atoms with Crippen LogP contribution in [0.1, 0.15) is 24.0 Å². The van der Waals surface area contributed by atoms with Gasteiger partial charge in [0.1, 0.15) is 0 Å². The Morgan fingerprint density at radius 1 is 1.45 bits per heavy atom. The van der Waals surface area contributed by atoms with E-state index in [1.165, 1.54) is 5.56 Å². The predicted octanol–water partition coefficient (Wildman–Crippen LogP) is 1.95. The Morgan fingerprint density at radius 3 is 3.00 bits per heavy atom. The average molecular weight is 276 g/mol. The van der Waals surface area contributed by atoms with Crippen LogP contribution in [-0.2, 0) is 4.79 Å². The normalized spacial score (nSPS) is 19.2. The summed E-state index contributed by atoms with van der Waals surface area (Å²) < 4.78 is 0. The zero-order chi connectivity index (χ0) is 14.5. The highest BCUT2D eigenvalue weighted by molar-refractivity contribution is 5.93. The van der Waals surface area contributed by atoms with Gasteiger partial charge in [-0.1, -0.05) is 12.1 Å². The molecule has 0 aliphatic carbocycles. The van der Waals surface area contributed by atoms with Crippen LogP contribution in [0.3, 0.4) is 0 Å². The summed E-state index contributed by atoms with van der Waals surface area (Å²) in [6.07, 6.45) is 1.92. The molecule has 0 radical (unpaired) electrons. The predicted molar refractivity (Wildman–Crippen MR) is 80.8 cm³/mol. The van der Waals surface area contributed by atoms with Crippen molar-refractivity contribution in [3.05, 3.63) is 29.3 Å². The lowest BCUT2D eigenvalue weighted by Gasteiger charge is -2.16. The van der Waals surface area contributed by atoms with Gasteiger partial charge < -0.3 is 10.4 Å². The number of likely N-dealkylation sites (tertiary alicyclic amines) is 1. The van der Waals surface area contributed by atoms with Gasteiger partial charge >= 0.3 is 0 Å². The lowest BCUT2D eigenvalue weighted by atomic mass is 10.1. The van der Waals surface area contributed by atoms with E-state index in [1.54, 1.807) is 0 Å². The Balaban J connectivity index is 1.86. The van der Waals surface area contributed by atoms with E-state index in [0.29, 0.717) is 12.5 Å². The van der Waals surface area contributed by atoms with E-state index in [0.717, 1.165) is 37.2 Å². The molecule has 4 heteroatoms. The topological polar surface area (TPSA) is 52.6 Å². The van der Waals surface area contributed by atoms with Crippen molar-refractivity contribution >= 4 is 11.6 Å². The van der Waals surface area contributed by atoms with Crippen molar-refractivity contribution in [2.75, 3.05) is 31.6 Å². The number of nitrogens with one attached hydrogen (secondary N) is 1. The number of carbonyl (C=O) groups excluding carboxylic acids is 1. The van der Waals surface area contributed by atoms with Crippen molar-refractivity contribution in [1.29, 1.82) is 0 Å². The molecule has 2 N–H and O–H groups in total. The summed E-state index contributed by atoms with van der Waals surface area (Å²) in [5.74, 6) is 0.580. The Labute approximate surface area is 120 Å². The fourth-order valence-electron chi connectivity index (χ4n) is 2.75. The summed E-state index contributed by atoms with van der Waals surface area (Å²) in [5.41, 5.74) is 3.22. The molecule has 1 aromatic carbocycles. The molecule has 1 saturated heterocycles. The first-order chi connectivity index (χ1) is 9.60. The molecule has 1 atom stereocenters. The summed E-state index contributed by atoms with van der Waals surface area (Å²) >= 11 is 0. The lowest BCUT2D eigenvalue weighted by molar-refractivity contribution is -0.117. The van der Waals surface area contributed by atoms with Crippen molar-refractivity contribution in [2.45, 2.75) is 26.7 Å². The number of nitrogens with zero attached hydrogens (tertiary/aromatic N) is 1. The van der Waals surface area contributed by atoms with Gasteiger partial charge in [-0.15, -0.1) is 0 Å². The number of rotatable bonds is 5. The fraction of sp³-hybridized carbons (Fsp3) is 0.562. The number of hydrogen-bond acceptors (Lipinski definition) is 3. The van der Waals surface area contributed by atoms with Crippen LogP contribution >= 0.6 is 0 Å². The van der Waals surface area contributed by atoms with Crippen molar-refractivity contribution in [3.8, 4) is 0 Å². The molecule has 0 saturated carbocycles. The van der Waals surface area contributed by atoms with E-state index in [9.17, 15) is 4.79 Å². The van der Waals surface area contributed by atoms with E-state index in [-0.39, 0.29) is 12.5 Å². The van der Waals surface area contributed by atoms with Crippen LogP contribution in [-0.4, -0.2) is 42.2 Å². The Kier molecular flexibility index (Phi) is 5.15. The van der Waals surface area contributed by atoms with Crippen LogP contribution < -0.4 is 5.32 Å². The lowest BCUT2D eigenvalue weighted by Crippen LogP contribution is -2.31. The Hall–Kier alpha value is -1.39. The second-order valence-corrected chi connectivity index (χ2v) is 5.70. The zero-order valence-electron chi connectivity index (χ0n) is 12.4. The summed E-state index contributed by atoms with van der Waals surface area (Å²) in [6.45, 7) is 6.62. The molecule has 1 aliphatic rings. The fourth-order valence-corrected chi connectivity index (χ4v) is 2.75. The van der Waals surface area contributed by atoms with E-state index < -0.39 is 0 Å². The molecular formula is C16H24N2O2. The van der Waals surface area contributed by atoms with Crippen LogP contribution in [0, 0.1) is 19.8 Å². The van der Waals surface area contributed by atoms with Crippen LogP contribution in [0.25, 0.3) is 0 Å². The Morgan fingerprint density at radius 2 is 2.25 bits per heavy atom. The van der Waals surface area contributed by atoms with Gasteiger partial charge in [0.25, 0.3) is 0 Å². The third-order valence-corrected chi connectivity index (χ3v) is 4.15. The maximum absolute atomic E-state index is 12.1. The quantitative estimate of drug-likeness (QED) is 0.864. The van der Waals surface area contributed by atoms with E-state index >= 15 is 0 Å². The maximum atomic E-state index is 12.1. The molecule has 0 aromatic heterocycles. The number of benzene rings is 1. The van der Waals surface area contributed by atoms with Crippen molar-refractivity contribution in [3.63, 3.8) is 0 Å². The monoisotopic (exact) mass is 276 g/mol. The third-order valence-electron chi connectivity index (χ3n) is 4.15. The van der Waals surface area contributed by atoms with Crippen molar-refractivity contribution in [1.82, 2.24) is 4.90 Å². The van der Waals surface area contributed by atoms with Crippen LogP contribution in [0.5, 0.6) is 0 Å². The second kappa shape index (κ2) is 6.86. The number of aliphatic hydroxyl groups is 1. The molecule has 20 heavy (non-hydrogen) atoms. The minimum Gasteiger partial charge on any atom is -0.396 e. The van der Waals surface area contributed by atoms with Crippen LogP contribution in [0.2, 0.25) is 0 Å². The highest BCUT2D eigenvalue weighted by Crippen LogP contribution is 2.20. The molecule has 0 spiro atoms. The number of aliphatic hydroxyl groups excluding tert-OH is 1. The van der Waals surface area contributed by atoms with Crippen LogP contribution in [0.15, 0.2) is 18.2 Å². The molecule has 1 fully saturated rings. The van der Waals surface area contributed by atoms with Gasteiger partial charge in [0.2, 0.25) is 5.91 Å². The second-order valence-electron chi connectivity index (χ2n) is 5.70. The first-order valence-corrected chi connectivity index (χ1v) is 7.29. The SMILES string of the molecule is Cc1cccc(NC(=O)CN2CCC(CCO)C2)c1C. The first-order valence-electron chi connectivity index (χ1n) is 7.29. The standard InChI is InChI=1S/C16H24N2O2/c1-12-4-3-5-15(13(12)2)17-16(20)11-18-8-6-14(10-18)7-9-19/h3-5,14,19H,6-11H2,1-2H3,(H,17,20). The molecule has 4 nitrogen and oxygen atoms in total. The molecule has 1 amide bonds. The van der Waals surface area contributed by atoms with Crippen molar-refractivity contribution in [2.24, 2.45) is 5.92 Å². The summed E-state index contributed by atoms with van der Waals surface area (Å²) in [4.78, 5) is 14.3. The van der Waals surface area contributed by atoms with Gasteiger partial charge in [-0.3, -0.25) is 9.69 Å². The number of amides is 1. The molecule has 1 aromatic rings. The smallest absolute Gasteiger partial charge is 0.238 e. The van der Waals surface area contributed by atoms with Gasteiger partial charge in [-0.05, 0) is 56.3 Å². The minimum absolute atomic E-state index is 0.0448.